The van der Waals surface area contributed by atoms with Gasteiger partial charge >= 0.3 is 6.03 Å². The minimum absolute atomic E-state index is 0.0333. The number of amides is 4. The Balaban J connectivity index is 1.33. The maximum atomic E-state index is 12.5. The van der Waals surface area contributed by atoms with Crippen LogP contribution in [0.4, 0.5) is 4.79 Å². The quantitative estimate of drug-likeness (QED) is 0.788. The highest BCUT2D eigenvalue weighted by Crippen LogP contribution is 2.44. The number of likely N-dealkylation sites (tertiary alicyclic amines) is 1. The summed E-state index contributed by atoms with van der Waals surface area (Å²) in [6, 6.07) is 1.11. The third kappa shape index (κ3) is 3.04. The second-order valence-electron chi connectivity index (χ2n) is 6.80. The predicted octanol–water partition coefficient (Wildman–Crippen LogP) is 1.13. The molecule has 2 N–H and O–H groups in total. The van der Waals surface area contributed by atoms with Crippen molar-refractivity contribution in [1.82, 2.24) is 15.5 Å². The summed E-state index contributed by atoms with van der Waals surface area (Å²) in [6.45, 7) is 2.08. The van der Waals surface area contributed by atoms with E-state index in [1.807, 2.05) is 4.90 Å². The maximum Gasteiger partial charge on any atom is 0.322 e. The van der Waals surface area contributed by atoms with E-state index >= 15 is 0 Å². The van der Waals surface area contributed by atoms with Crippen molar-refractivity contribution in [3.05, 3.63) is 21.9 Å². The van der Waals surface area contributed by atoms with E-state index < -0.39 is 12.1 Å². The first-order valence-electron chi connectivity index (χ1n) is 8.67. The molecule has 0 aromatic carbocycles. The van der Waals surface area contributed by atoms with E-state index in [1.54, 1.807) is 11.3 Å². The first-order valence-corrected chi connectivity index (χ1v) is 9.55. The average molecular weight is 363 g/mol. The molecule has 0 bridgehead atoms. The molecule has 0 radical (unpaired) electrons. The molecular weight excluding hydrogens is 342 g/mol. The van der Waals surface area contributed by atoms with Crippen molar-refractivity contribution in [2.45, 2.75) is 43.7 Å². The van der Waals surface area contributed by atoms with E-state index in [0.29, 0.717) is 19.5 Å². The number of imide groups is 1. The van der Waals surface area contributed by atoms with Gasteiger partial charge in [0.15, 0.2) is 0 Å². The minimum atomic E-state index is -0.595. The molecule has 1 aromatic rings. The standard InChI is InChI=1S/C17H21N3O4S/c21-13(2-1-12-15(22)19-16(23)18-12)20-7-5-17(6-8-20)14-11(3-9-24-17)4-10-25-14/h4,10,12H,1-3,5-9H2,(H2,18,19,22,23)/t12-/m0/s1. The Morgan fingerprint density at radius 3 is 2.88 bits per heavy atom. The topological polar surface area (TPSA) is 87.7 Å². The van der Waals surface area contributed by atoms with Gasteiger partial charge in [0.05, 0.1) is 6.61 Å². The molecule has 134 valence electrons. The normalized spacial score (nSPS) is 24.8. The number of ether oxygens (including phenoxy) is 1. The monoisotopic (exact) mass is 363 g/mol. The van der Waals surface area contributed by atoms with Crippen molar-refractivity contribution in [3.8, 4) is 0 Å². The fourth-order valence-electron chi connectivity index (χ4n) is 3.93. The van der Waals surface area contributed by atoms with Crippen LogP contribution in [0.2, 0.25) is 0 Å². The predicted molar refractivity (Wildman–Crippen MR) is 91.2 cm³/mol. The lowest BCUT2D eigenvalue weighted by Gasteiger charge is -2.43. The van der Waals surface area contributed by atoms with Crippen LogP contribution >= 0.6 is 11.3 Å². The van der Waals surface area contributed by atoms with Crippen LogP contribution in [0.3, 0.4) is 0 Å². The zero-order chi connectivity index (χ0) is 17.4. The molecule has 2 fully saturated rings. The van der Waals surface area contributed by atoms with Crippen molar-refractivity contribution in [2.24, 2.45) is 0 Å². The largest absolute Gasteiger partial charge is 0.369 e. The molecule has 1 aromatic heterocycles. The van der Waals surface area contributed by atoms with Crippen LogP contribution in [0.15, 0.2) is 11.4 Å². The average Bonchev–Trinajstić information content (AvgIpc) is 3.20. The van der Waals surface area contributed by atoms with E-state index in [1.165, 1.54) is 10.4 Å². The first kappa shape index (κ1) is 16.5. The highest BCUT2D eigenvalue weighted by molar-refractivity contribution is 7.10. The fraction of sp³-hybridized carbons (Fsp3) is 0.588. The number of carbonyl (C=O) groups excluding carboxylic acids is 3. The molecule has 4 amide bonds. The lowest BCUT2D eigenvalue weighted by Crippen LogP contribution is -2.48. The van der Waals surface area contributed by atoms with E-state index in [4.69, 9.17) is 4.74 Å². The van der Waals surface area contributed by atoms with Crippen molar-refractivity contribution in [2.75, 3.05) is 19.7 Å². The number of urea groups is 1. The van der Waals surface area contributed by atoms with Gasteiger partial charge < -0.3 is 15.0 Å². The van der Waals surface area contributed by atoms with Gasteiger partial charge in [-0.3, -0.25) is 14.9 Å². The Hall–Kier alpha value is -1.93. The Morgan fingerprint density at radius 2 is 2.16 bits per heavy atom. The van der Waals surface area contributed by atoms with Gasteiger partial charge in [0.1, 0.15) is 11.6 Å². The van der Waals surface area contributed by atoms with Gasteiger partial charge in [-0.1, -0.05) is 0 Å². The summed E-state index contributed by atoms with van der Waals surface area (Å²) in [7, 11) is 0. The maximum absolute atomic E-state index is 12.5. The van der Waals surface area contributed by atoms with Gasteiger partial charge in [-0.25, -0.2) is 4.79 Å². The Labute approximate surface area is 149 Å². The Morgan fingerprint density at radius 1 is 1.36 bits per heavy atom. The summed E-state index contributed by atoms with van der Waals surface area (Å²) in [5, 5.41) is 6.84. The van der Waals surface area contributed by atoms with Crippen LogP contribution in [0, 0.1) is 0 Å². The summed E-state index contributed by atoms with van der Waals surface area (Å²) in [5.41, 5.74) is 1.16. The number of carbonyl (C=O) groups is 3. The van der Waals surface area contributed by atoms with Crippen LogP contribution in [-0.2, 0) is 26.3 Å². The molecule has 0 unspecified atom stereocenters. The molecule has 4 heterocycles. The lowest BCUT2D eigenvalue weighted by molar-refractivity contribution is -0.140. The van der Waals surface area contributed by atoms with E-state index in [9.17, 15) is 14.4 Å². The second kappa shape index (κ2) is 6.42. The summed E-state index contributed by atoms with van der Waals surface area (Å²) < 4.78 is 6.16. The van der Waals surface area contributed by atoms with Crippen LogP contribution < -0.4 is 10.6 Å². The molecule has 7 nitrogen and oxygen atoms in total. The van der Waals surface area contributed by atoms with Crippen LogP contribution in [-0.4, -0.2) is 48.5 Å². The van der Waals surface area contributed by atoms with Gasteiger partial charge in [0.25, 0.3) is 5.91 Å². The number of thiophene rings is 1. The molecular formula is C17H21N3O4S. The molecule has 1 atom stereocenters. The zero-order valence-electron chi connectivity index (χ0n) is 13.9. The molecule has 25 heavy (non-hydrogen) atoms. The number of nitrogens with zero attached hydrogens (tertiary/aromatic N) is 1. The third-order valence-electron chi connectivity index (χ3n) is 5.34. The zero-order valence-corrected chi connectivity index (χ0v) is 14.7. The van der Waals surface area contributed by atoms with Crippen molar-refractivity contribution < 1.29 is 19.1 Å². The van der Waals surface area contributed by atoms with Crippen molar-refractivity contribution >= 4 is 29.2 Å². The molecule has 3 aliphatic rings. The van der Waals surface area contributed by atoms with Crippen LogP contribution in [0.5, 0.6) is 0 Å². The minimum Gasteiger partial charge on any atom is -0.369 e. The first-order chi connectivity index (χ1) is 12.1. The second-order valence-corrected chi connectivity index (χ2v) is 7.72. The molecule has 3 aliphatic heterocycles. The molecule has 0 saturated carbocycles. The summed E-state index contributed by atoms with van der Waals surface area (Å²) >= 11 is 1.75. The van der Waals surface area contributed by atoms with E-state index in [-0.39, 0.29) is 23.8 Å². The summed E-state index contributed by atoms with van der Waals surface area (Å²) in [5.74, 6) is -0.317. The molecule has 1 spiro atoms. The smallest absolute Gasteiger partial charge is 0.322 e. The fourth-order valence-corrected chi connectivity index (χ4v) is 5.10. The number of nitrogens with one attached hydrogen (secondary N) is 2. The molecule has 0 aliphatic carbocycles. The van der Waals surface area contributed by atoms with Gasteiger partial charge in [0, 0.05) is 24.4 Å². The Kier molecular flexibility index (Phi) is 4.24. The lowest BCUT2D eigenvalue weighted by atomic mass is 9.85. The highest BCUT2D eigenvalue weighted by Gasteiger charge is 2.42. The van der Waals surface area contributed by atoms with E-state index in [2.05, 4.69) is 22.1 Å². The van der Waals surface area contributed by atoms with Crippen molar-refractivity contribution in [1.29, 1.82) is 0 Å². The Bertz CT molecular complexity index is 709. The van der Waals surface area contributed by atoms with Gasteiger partial charge in [-0.2, -0.15) is 0 Å². The number of piperidine rings is 1. The van der Waals surface area contributed by atoms with E-state index in [0.717, 1.165) is 25.9 Å². The highest BCUT2D eigenvalue weighted by atomic mass is 32.1. The summed E-state index contributed by atoms with van der Waals surface area (Å²) in [4.78, 5) is 38.3. The van der Waals surface area contributed by atoms with Gasteiger partial charge in [0.2, 0.25) is 5.91 Å². The van der Waals surface area contributed by atoms with Crippen molar-refractivity contribution in [3.63, 3.8) is 0 Å². The number of rotatable bonds is 3. The number of fused-ring (bicyclic) bond motifs is 2. The summed E-state index contributed by atoms with van der Waals surface area (Å²) in [6.07, 6.45) is 3.19. The number of hydrogen-bond donors (Lipinski definition) is 2. The SMILES string of the molecule is O=C1NC(=O)[C@H](CCC(=O)N2CCC3(CC2)OCCc2ccsc23)N1. The van der Waals surface area contributed by atoms with Gasteiger partial charge in [-0.15, -0.1) is 11.3 Å². The molecule has 2 saturated heterocycles. The third-order valence-corrected chi connectivity index (χ3v) is 6.48. The van der Waals surface area contributed by atoms with Gasteiger partial charge in [-0.05, 0) is 42.7 Å². The van der Waals surface area contributed by atoms with Crippen LogP contribution in [0.1, 0.15) is 36.1 Å². The number of hydrogen-bond acceptors (Lipinski definition) is 5. The molecule has 8 heteroatoms. The molecule has 4 rings (SSSR count). The van der Waals surface area contributed by atoms with Crippen LogP contribution in [0.25, 0.3) is 0 Å².